The van der Waals surface area contributed by atoms with Crippen LogP contribution in [0.1, 0.15) is 61.7 Å². The lowest BCUT2D eigenvalue weighted by Crippen LogP contribution is -2.51. The summed E-state index contributed by atoms with van der Waals surface area (Å²) >= 11 is 0. The fourth-order valence-electron chi connectivity index (χ4n) is 4.18. The van der Waals surface area contributed by atoms with Crippen LogP contribution in [0.25, 0.3) is 0 Å². The van der Waals surface area contributed by atoms with Crippen molar-refractivity contribution in [3.05, 3.63) is 24.0 Å². The first-order valence-corrected chi connectivity index (χ1v) is 9.43. The van der Waals surface area contributed by atoms with E-state index in [-0.39, 0.29) is 11.6 Å². The van der Waals surface area contributed by atoms with E-state index in [1.165, 1.54) is 37.7 Å². The molecule has 7 nitrogen and oxygen atoms in total. The van der Waals surface area contributed by atoms with E-state index < -0.39 is 17.7 Å². The van der Waals surface area contributed by atoms with Gasteiger partial charge in [0.05, 0.1) is 17.4 Å². The van der Waals surface area contributed by atoms with Gasteiger partial charge in [-0.2, -0.15) is 0 Å². The lowest BCUT2D eigenvalue weighted by atomic mass is 9.80. The maximum Gasteiger partial charge on any atom is 0.313 e. The van der Waals surface area contributed by atoms with E-state index in [0.717, 1.165) is 32.1 Å². The highest BCUT2D eigenvalue weighted by molar-refractivity contribution is 6.39. The summed E-state index contributed by atoms with van der Waals surface area (Å²) in [5.74, 6) is -1.31. The van der Waals surface area contributed by atoms with Crippen molar-refractivity contribution in [2.24, 2.45) is 11.7 Å². The van der Waals surface area contributed by atoms with E-state index >= 15 is 0 Å². The highest BCUT2D eigenvalue weighted by Gasteiger charge is 2.35. The molecule has 3 N–H and O–H groups in total. The summed E-state index contributed by atoms with van der Waals surface area (Å²) < 4.78 is 0. The number of rotatable bonds is 3. The zero-order valence-electron chi connectivity index (χ0n) is 14.9. The first kappa shape index (κ1) is 18.4. The van der Waals surface area contributed by atoms with E-state index in [4.69, 9.17) is 5.73 Å². The Bertz CT molecular complexity index is 685. The smallest absolute Gasteiger partial charge is 0.313 e. The summed E-state index contributed by atoms with van der Waals surface area (Å²) in [6.07, 6.45) is 11.7. The minimum atomic E-state index is -0.684. The average Bonchev–Trinajstić information content (AvgIpc) is 2.68. The monoisotopic (exact) mass is 358 g/mol. The number of piperidine rings is 1. The molecule has 0 radical (unpaired) electrons. The van der Waals surface area contributed by atoms with E-state index in [1.807, 2.05) is 0 Å². The van der Waals surface area contributed by atoms with E-state index in [1.54, 1.807) is 4.90 Å². The maximum absolute atomic E-state index is 12.8. The molecule has 0 spiro atoms. The van der Waals surface area contributed by atoms with Gasteiger partial charge in [0.1, 0.15) is 0 Å². The molecule has 0 bridgehead atoms. The lowest BCUT2D eigenvalue weighted by molar-refractivity contribution is -0.147. The summed E-state index contributed by atoms with van der Waals surface area (Å²) in [6.45, 7) is 0.632. The van der Waals surface area contributed by atoms with Crippen LogP contribution in [-0.4, -0.2) is 40.2 Å². The van der Waals surface area contributed by atoms with Gasteiger partial charge in [-0.1, -0.05) is 19.3 Å². The number of carbonyl (C=O) groups is 3. The number of hydrogen-bond donors (Lipinski definition) is 2. The molecule has 1 aliphatic carbocycles. The molecule has 2 heterocycles. The van der Waals surface area contributed by atoms with Crippen molar-refractivity contribution in [1.29, 1.82) is 0 Å². The molecule has 0 unspecified atom stereocenters. The SMILES string of the molecule is NC(=O)c1cncc(NC(=O)C(=O)N2CCCC[C@H]2C2CCCCC2)c1. The Morgan fingerprint density at radius 1 is 1.04 bits per heavy atom. The average molecular weight is 358 g/mol. The van der Waals surface area contributed by atoms with Crippen LogP contribution in [-0.2, 0) is 9.59 Å². The van der Waals surface area contributed by atoms with Gasteiger partial charge in [-0.05, 0) is 44.1 Å². The van der Waals surface area contributed by atoms with E-state index in [2.05, 4.69) is 10.3 Å². The van der Waals surface area contributed by atoms with Crippen LogP contribution in [0.3, 0.4) is 0 Å². The summed E-state index contributed by atoms with van der Waals surface area (Å²) in [6, 6.07) is 1.59. The Labute approximate surface area is 153 Å². The molecule has 1 aromatic heterocycles. The molecule has 1 atom stereocenters. The molecular formula is C19H26N4O3. The lowest BCUT2D eigenvalue weighted by Gasteiger charge is -2.41. The van der Waals surface area contributed by atoms with Crippen LogP contribution in [0.2, 0.25) is 0 Å². The van der Waals surface area contributed by atoms with Crippen molar-refractivity contribution < 1.29 is 14.4 Å². The molecule has 1 saturated heterocycles. The number of hydrogen-bond acceptors (Lipinski definition) is 4. The normalized spacial score (nSPS) is 21.2. The number of anilines is 1. The molecule has 140 valence electrons. The summed E-state index contributed by atoms with van der Waals surface area (Å²) in [4.78, 5) is 42.1. The Hall–Kier alpha value is -2.44. The standard InChI is InChI=1S/C19H26N4O3/c20-17(24)14-10-15(12-21-11-14)22-18(25)19(26)23-9-5-4-8-16(23)13-6-2-1-3-7-13/h10-13,16H,1-9H2,(H2,20,24)(H,22,25)/t16-/m0/s1. The zero-order valence-corrected chi connectivity index (χ0v) is 14.9. The Morgan fingerprint density at radius 2 is 1.77 bits per heavy atom. The van der Waals surface area contributed by atoms with Gasteiger partial charge in [0.15, 0.2) is 0 Å². The molecule has 3 rings (SSSR count). The van der Waals surface area contributed by atoms with Crippen molar-refractivity contribution in [3.63, 3.8) is 0 Å². The number of nitrogens with zero attached hydrogens (tertiary/aromatic N) is 2. The Balaban J connectivity index is 1.68. The van der Waals surface area contributed by atoms with Crippen LogP contribution in [0.15, 0.2) is 18.5 Å². The molecule has 0 aromatic carbocycles. The predicted molar refractivity (Wildman–Crippen MR) is 97.3 cm³/mol. The first-order chi connectivity index (χ1) is 12.6. The van der Waals surface area contributed by atoms with Crippen molar-refractivity contribution in [2.75, 3.05) is 11.9 Å². The van der Waals surface area contributed by atoms with Gasteiger partial charge < -0.3 is 16.0 Å². The third-order valence-corrected chi connectivity index (χ3v) is 5.48. The largest absolute Gasteiger partial charge is 0.366 e. The van der Waals surface area contributed by atoms with Crippen LogP contribution >= 0.6 is 0 Å². The molecule has 2 fully saturated rings. The molecule has 2 aliphatic rings. The first-order valence-electron chi connectivity index (χ1n) is 9.43. The second kappa shape index (κ2) is 8.29. The van der Waals surface area contributed by atoms with Crippen LogP contribution in [0.4, 0.5) is 5.69 Å². The van der Waals surface area contributed by atoms with Crippen molar-refractivity contribution in [2.45, 2.75) is 57.4 Å². The van der Waals surface area contributed by atoms with Gasteiger partial charge in [0, 0.05) is 18.8 Å². The third-order valence-electron chi connectivity index (χ3n) is 5.48. The number of pyridine rings is 1. The molecule has 1 saturated carbocycles. The van der Waals surface area contributed by atoms with Gasteiger partial charge in [-0.3, -0.25) is 19.4 Å². The summed E-state index contributed by atoms with van der Waals surface area (Å²) in [5, 5.41) is 2.56. The number of amides is 3. The highest BCUT2D eigenvalue weighted by atomic mass is 16.2. The van der Waals surface area contributed by atoms with Gasteiger partial charge in [-0.15, -0.1) is 0 Å². The van der Waals surface area contributed by atoms with Crippen molar-refractivity contribution in [3.8, 4) is 0 Å². The second-order valence-corrected chi connectivity index (χ2v) is 7.24. The second-order valence-electron chi connectivity index (χ2n) is 7.24. The number of aromatic nitrogens is 1. The number of carbonyl (C=O) groups excluding carboxylic acids is 3. The molecular weight excluding hydrogens is 332 g/mol. The maximum atomic E-state index is 12.8. The Kier molecular flexibility index (Phi) is 5.85. The Morgan fingerprint density at radius 3 is 2.50 bits per heavy atom. The highest BCUT2D eigenvalue weighted by Crippen LogP contribution is 2.33. The fourth-order valence-corrected chi connectivity index (χ4v) is 4.18. The molecule has 1 aliphatic heterocycles. The topological polar surface area (TPSA) is 105 Å². The number of nitrogens with two attached hydrogens (primary N) is 1. The van der Waals surface area contributed by atoms with Crippen molar-refractivity contribution >= 4 is 23.4 Å². The molecule has 1 aromatic rings. The fraction of sp³-hybridized carbons (Fsp3) is 0.579. The number of likely N-dealkylation sites (tertiary alicyclic amines) is 1. The van der Waals surface area contributed by atoms with Crippen molar-refractivity contribution in [1.82, 2.24) is 9.88 Å². The van der Waals surface area contributed by atoms with Crippen LogP contribution in [0.5, 0.6) is 0 Å². The minimum Gasteiger partial charge on any atom is -0.366 e. The van der Waals surface area contributed by atoms with Gasteiger partial charge >= 0.3 is 11.8 Å². The van der Waals surface area contributed by atoms with Gasteiger partial charge in [-0.25, -0.2) is 0 Å². The quantitative estimate of drug-likeness (QED) is 0.807. The molecule has 3 amide bonds. The number of nitrogens with one attached hydrogen (secondary N) is 1. The summed E-state index contributed by atoms with van der Waals surface area (Å²) in [5.41, 5.74) is 5.71. The zero-order chi connectivity index (χ0) is 18.5. The van der Waals surface area contributed by atoms with Gasteiger partial charge in [0.2, 0.25) is 5.91 Å². The van der Waals surface area contributed by atoms with E-state index in [0.29, 0.717) is 18.2 Å². The van der Waals surface area contributed by atoms with Gasteiger partial charge in [0.25, 0.3) is 0 Å². The molecule has 7 heteroatoms. The minimum absolute atomic E-state index is 0.164. The summed E-state index contributed by atoms with van der Waals surface area (Å²) in [7, 11) is 0. The third kappa shape index (κ3) is 4.20. The number of primary amides is 1. The van der Waals surface area contributed by atoms with E-state index in [9.17, 15) is 14.4 Å². The predicted octanol–water partition coefficient (Wildman–Crippen LogP) is 2.08. The van der Waals surface area contributed by atoms with Crippen LogP contribution < -0.4 is 11.1 Å². The van der Waals surface area contributed by atoms with Crippen LogP contribution in [0, 0.1) is 5.92 Å². The molecule has 26 heavy (non-hydrogen) atoms.